The van der Waals surface area contributed by atoms with E-state index < -0.39 is 0 Å². The third-order valence-electron chi connectivity index (χ3n) is 7.14. The van der Waals surface area contributed by atoms with Crippen LogP contribution in [0.1, 0.15) is 62.8 Å². The second-order valence-corrected chi connectivity index (χ2v) is 10.4. The molecule has 1 aliphatic carbocycles. The molecule has 3 nitrogen and oxygen atoms in total. The van der Waals surface area contributed by atoms with Crippen molar-refractivity contribution in [3.63, 3.8) is 0 Å². The summed E-state index contributed by atoms with van der Waals surface area (Å²) in [4.78, 5) is 4.77. The van der Waals surface area contributed by atoms with E-state index in [-0.39, 0.29) is 10.8 Å². The molecule has 154 valence electrons. The van der Waals surface area contributed by atoms with Crippen LogP contribution in [0.5, 0.6) is 0 Å². The molecule has 0 amide bonds. The molecule has 1 aliphatic rings. The van der Waals surface area contributed by atoms with E-state index in [1.165, 1.54) is 40.3 Å². The number of nitrogens with zero attached hydrogens (tertiary/aromatic N) is 2. The second-order valence-electron chi connectivity index (χ2n) is 10.4. The Bertz CT molecular complexity index is 1320. The van der Waals surface area contributed by atoms with Gasteiger partial charge in [0.2, 0.25) is 0 Å². The first-order valence-electron chi connectivity index (χ1n) is 10.9. The molecule has 0 unspecified atom stereocenters. The lowest BCUT2D eigenvalue weighted by Crippen LogP contribution is -2.33. The highest BCUT2D eigenvalue weighted by molar-refractivity contribution is 6.10. The van der Waals surface area contributed by atoms with Gasteiger partial charge in [-0.2, -0.15) is 0 Å². The summed E-state index contributed by atoms with van der Waals surface area (Å²) in [5.74, 6) is 0.941. The zero-order chi connectivity index (χ0) is 21.4. The summed E-state index contributed by atoms with van der Waals surface area (Å²) in [5, 5.41) is 2.39. The lowest BCUT2D eigenvalue weighted by molar-refractivity contribution is -0.663. The first-order chi connectivity index (χ1) is 14.1. The molecule has 0 fully saturated rings. The van der Waals surface area contributed by atoms with E-state index in [4.69, 9.17) is 9.40 Å². The lowest BCUT2D eigenvalue weighted by atomic mass is 9.63. The SMILES string of the molecule is Cc1cnc(-c2c(C)ccc3c2oc2c4c(ccc23)C(C)(C)CCC4(C)C)[n+](C)c1. The number of hydrogen-bond donors (Lipinski definition) is 0. The average molecular weight is 400 g/mol. The van der Waals surface area contributed by atoms with Gasteiger partial charge in [0, 0.05) is 21.9 Å². The number of rotatable bonds is 1. The fraction of sp³-hybridized carbons (Fsp3) is 0.407. The quantitative estimate of drug-likeness (QED) is 0.345. The van der Waals surface area contributed by atoms with Gasteiger partial charge in [-0.1, -0.05) is 52.0 Å². The van der Waals surface area contributed by atoms with E-state index in [1.54, 1.807) is 0 Å². The number of benzene rings is 2. The number of furan rings is 1. The summed E-state index contributed by atoms with van der Waals surface area (Å²) < 4.78 is 8.88. The molecule has 30 heavy (non-hydrogen) atoms. The van der Waals surface area contributed by atoms with Gasteiger partial charge in [0.1, 0.15) is 17.3 Å². The van der Waals surface area contributed by atoms with Crippen molar-refractivity contribution in [2.75, 3.05) is 0 Å². The average Bonchev–Trinajstić information content (AvgIpc) is 3.04. The third-order valence-corrected chi connectivity index (χ3v) is 7.14. The van der Waals surface area contributed by atoms with Crippen molar-refractivity contribution in [1.82, 2.24) is 4.98 Å². The van der Waals surface area contributed by atoms with E-state index >= 15 is 0 Å². The molecule has 2 heterocycles. The number of aromatic nitrogens is 2. The Labute approximate surface area is 178 Å². The maximum atomic E-state index is 6.78. The molecule has 0 saturated carbocycles. The maximum Gasteiger partial charge on any atom is 0.334 e. The fourth-order valence-corrected chi connectivity index (χ4v) is 5.30. The molecule has 0 aliphatic heterocycles. The van der Waals surface area contributed by atoms with Gasteiger partial charge >= 0.3 is 5.82 Å². The lowest BCUT2D eigenvalue weighted by Gasteiger charge is -2.41. The summed E-state index contributed by atoms with van der Waals surface area (Å²) in [5.41, 5.74) is 8.51. The van der Waals surface area contributed by atoms with Crippen LogP contribution in [0, 0.1) is 13.8 Å². The van der Waals surface area contributed by atoms with Gasteiger partial charge in [0.25, 0.3) is 0 Å². The van der Waals surface area contributed by atoms with Crippen LogP contribution in [-0.4, -0.2) is 4.98 Å². The van der Waals surface area contributed by atoms with Crippen molar-refractivity contribution in [3.8, 4) is 11.4 Å². The summed E-state index contributed by atoms with van der Waals surface area (Å²) >= 11 is 0. The molecule has 3 heteroatoms. The molecule has 0 radical (unpaired) electrons. The highest BCUT2D eigenvalue weighted by Crippen LogP contribution is 2.50. The van der Waals surface area contributed by atoms with Gasteiger partial charge in [-0.3, -0.25) is 0 Å². The second kappa shape index (κ2) is 6.16. The minimum absolute atomic E-state index is 0.0974. The molecule has 2 aromatic carbocycles. The Hall–Kier alpha value is -2.68. The summed E-state index contributed by atoms with van der Waals surface area (Å²) in [6.45, 7) is 13.7. The van der Waals surface area contributed by atoms with Gasteiger partial charge in [0.05, 0.1) is 13.2 Å². The van der Waals surface area contributed by atoms with Crippen LogP contribution in [0.3, 0.4) is 0 Å². The van der Waals surface area contributed by atoms with Crippen LogP contribution in [0.4, 0.5) is 0 Å². The van der Waals surface area contributed by atoms with E-state index in [2.05, 4.69) is 83.6 Å². The van der Waals surface area contributed by atoms with Crippen molar-refractivity contribution in [1.29, 1.82) is 0 Å². The Morgan fingerprint density at radius 3 is 2.30 bits per heavy atom. The Kier molecular flexibility index (Phi) is 3.96. The van der Waals surface area contributed by atoms with Gasteiger partial charge in [0.15, 0.2) is 5.58 Å². The summed E-state index contributed by atoms with van der Waals surface area (Å²) in [7, 11) is 2.06. The minimum Gasteiger partial charge on any atom is -0.455 e. The van der Waals surface area contributed by atoms with Crippen LogP contribution < -0.4 is 4.57 Å². The van der Waals surface area contributed by atoms with E-state index in [0.29, 0.717) is 0 Å². The Balaban J connectivity index is 1.91. The smallest absolute Gasteiger partial charge is 0.334 e. The van der Waals surface area contributed by atoms with Gasteiger partial charge < -0.3 is 4.42 Å². The molecule has 0 atom stereocenters. The highest BCUT2D eigenvalue weighted by atomic mass is 16.3. The molecular formula is C27H31N2O+. The van der Waals surface area contributed by atoms with Crippen molar-refractivity contribution in [2.45, 2.75) is 65.2 Å². The number of aryl methyl sites for hydroxylation is 3. The monoisotopic (exact) mass is 399 g/mol. The van der Waals surface area contributed by atoms with Gasteiger partial charge in [-0.15, -0.1) is 0 Å². The van der Waals surface area contributed by atoms with Crippen molar-refractivity contribution in [2.24, 2.45) is 7.05 Å². The molecule has 0 spiro atoms. The first kappa shape index (κ1) is 19.3. The van der Waals surface area contributed by atoms with E-state index in [1.807, 2.05) is 6.20 Å². The number of hydrogen-bond acceptors (Lipinski definition) is 2. The van der Waals surface area contributed by atoms with E-state index in [9.17, 15) is 0 Å². The van der Waals surface area contributed by atoms with E-state index in [0.717, 1.165) is 28.1 Å². The number of fused-ring (bicyclic) bond motifs is 5. The van der Waals surface area contributed by atoms with Gasteiger partial charge in [-0.25, -0.2) is 4.57 Å². The van der Waals surface area contributed by atoms with Crippen LogP contribution in [0.25, 0.3) is 33.3 Å². The van der Waals surface area contributed by atoms with Crippen molar-refractivity contribution >= 4 is 21.9 Å². The molecule has 5 rings (SSSR count). The predicted molar refractivity (Wildman–Crippen MR) is 123 cm³/mol. The maximum absolute atomic E-state index is 6.78. The highest BCUT2D eigenvalue weighted by Gasteiger charge is 2.39. The molecule has 0 saturated heterocycles. The Morgan fingerprint density at radius 2 is 1.57 bits per heavy atom. The summed E-state index contributed by atoms with van der Waals surface area (Å²) in [6, 6.07) is 9.02. The standard InChI is InChI=1S/C27H31N2O/c1-16-14-28-25(29(7)15-16)21-17(2)8-9-18-19-10-11-20-22(24(19)30-23(18)21)27(5,6)13-12-26(20,3)4/h8-11,14-15H,12-13H2,1-7H3/q+1. The largest absolute Gasteiger partial charge is 0.455 e. The molecule has 4 aromatic rings. The van der Waals surface area contributed by atoms with Crippen LogP contribution in [0.15, 0.2) is 41.1 Å². The normalized spacial score (nSPS) is 17.4. The molecule has 2 aromatic heterocycles. The zero-order valence-electron chi connectivity index (χ0n) is 19.2. The predicted octanol–water partition coefficient (Wildman–Crippen LogP) is 6.44. The van der Waals surface area contributed by atoms with Crippen LogP contribution in [0.2, 0.25) is 0 Å². The Morgan fingerprint density at radius 1 is 0.900 bits per heavy atom. The topological polar surface area (TPSA) is 29.9 Å². The zero-order valence-corrected chi connectivity index (χ0v) is 19.2. The first-order valence-corrected chi connectivity index (χ1v) is 10.9. The minimum atomic E-state index is 0.0974. The van der Waals surface area contributed by atoms with Crippen molar-refractivity contribution in [3.05, 3.63) is 58.9 Å². The van der Waals surface area contributed by atoms with Crippen molar-refractivity contribution < 1.29 is 8.98 Å². The summed E-state index contributed by atoms with van der Waals surface area (Å²) in [6.07, 6.45) is 6.43. The van der Waals surface area contributed by atoms with Crippen LogP contribution in [-0.2, 0) is 17.9 Å². The molecule has 0 N–H and O–H groups in total. The van der Waals surface area contributed by atoms with Gasteiger partial charge in [-0.05, 0) is 53.6 Å². The fourth-order valence-electron chi connectivity index (χ4n) is 5.30. The third kappa shape index (κ3) is 2.64. The van der Waals surface area contributed by atoms with Crippen LogP contribution >= 0.6 is 0 Å². The molecule has 0 bridgehead atoms. The molecular weight excluding hydrogens is 368 g/mol.